The average Bonchev–Trinajstić information content (AvgIpc) is 2.82. The predicted octanol–water partition coefficient (Wildman–Crippen LogP) is 2.37. The monoisotopic (exact) mass is 274 g/mol. The van der Waals surface area contributed by atoms with Crippen molar-refractivity contribution in [2.24, 2.45) is 0 Å². The third-order valence-electron chi connectivity index (χ3n) is 3.63. The summed E-state index contributed by atoms with van der Waals surface area (Å²) in [5, 5.41) is 21.9. The molecule has 2 atom stereocenters. The molecule has 1 aromatic rings. The smallest absolute Gasteiger partial charge is 0.120 e. The van der Waals surface area contributed by atoms with Crippen LogP contribution in [0, 0.1) is 11.3 Å². The molecule has 2 unspecified atom stereocenters. The van der Waals surface area contributed by atoms with Crippen molar-refractivity contribution in [2.75, 3.05) is 0 Å². The molecular weight excluding hydrogens is 252 g/mol. The Morgan fingerprint density at radius 2 is 2.35 bits per heavy atom. The van der Waals surface area contributed by atoms with E-state index >= 15 is 0 Å². The van der Waals surface area contributed by atoms with Crippen LogP contribution >= 0.6 is 0 Å². The fourth-order valence-electron chi connectivity index (χ4n) is 2.83. The van der Waals surface area contributed by atoms with E-state index in [1.54, 1.807) is 0 Å². The molecule has 2 N–H and O–H groups in total. The van der Waals surface area contributed by atoms with E-state index in [1.807, 2.05) is 24.3 Å². The second kappa shape index (κ2) is 6.25. The van der Waals surface area contributed by atoms with Gasteiger partial charge in [-0.25, -0.2) is 0 Å². The summed E-state index contributed by atoms with van der Waals surface area (Å²) >= 11 is 0. The predicted molar refractivity (Wildman–Crippen MR) is 77.2 cm³/mol. The maximum atomic E-state index is 9.43. The number of hydrogen-bond donors (Lipinski definition) is 2. The minimum atomic E-state index is -0.465. The lowest BCUT2D eigenvalue weighted by Crippen LogP contribution is -2.46. The molecule has 0 heterocycles. The van der Waals surface area contributed by atoms with Crippen molar-refractivity contribution < 1.29 is 9.84 Å². The van der Waals surface area contributed by atoms with Crippen LogP contribution < -0.4 is 10.1 Å². The van der Waals surface area contributed by atoms with Crippen molar-refractivity contribution in [2.45, 2.75) is 57.4 Å². The molecule has 1 aromatic carbocycles. The number of nitrogens with zero attached hydrogens (tertiary/aromatic N) is 1. The van der Waals surface area contributed by atoms with Crippen LogP contribution in [-0.4, -0.2) is 22.8 Å². The highest BCUT2D eigenvalue weighted by Gasteiger charge is 2.40. The van der Waals surface area contributed by atoms with Gasteiger partial charge in [0, 0.05) is 12.5 Å². The van der Waals surface area contributed by atoms with E-state index in [4.69, 9.17) is 9.84 Å². The van der Waals surface area contributed by atoms with Crippen molar-refractivity contribution >= 4 is 0 Å². The van der Waals surface area contributed by atoms with Crippen LogP contribution in [0.1, 0.15) is 38.7 Å². The molecule has 0 spiro atoms. The number of rotatable bonds is 5. The maximum absolute atomic E-state index is 9.43. The van der Waals surface area contributed by atoms with Gasteiger partial charge in [-0.3, -0.25) is 5.32 Å². The molecule has 4 nitrogen and oxygen atoms in total. The second-order valence-electron chi connectivity index (χ2n) is 5.78. The zero-order valence-corrected chi connectivity index (χ0v) is 12.1. The average molecular weight is 274 g/mol. The zero-order chi connectivity index (χ0) is 14.6. The van der Waals surface area contributed by atoms with Crippen LogP contribution in [0.25, 0.3) is 0 Å². The summed E-state index contributed by atoms with van der Waals surface area (Å²) in [6.45, 7) is 4.12. The van der Waals surface area contributed by atoms with Gasteiger partial charge in [0.15, 0.2) is 0 Å². The first-order valence-electron chi connectivity index (χ1n) is 7.12. The molecule has 0 radical (unpaired) electrons. The summed E-state index contributed by atoms with van der Waals surface area (Å²) < 4.78 is 5.95. The third kappa shape index (κ3) is 3.50. The molecule has 2 rings (SSSR count). The van der Waals surface area contributed by atoms with Gasteiger partial charge in [-0.1, -0.05) is 12.1 Å². The Balaban J connectivity index is 2.00. The van der Waals surface area contributed by atoms with Crippen molar-refractivity contribution in [1.82, 2.24) is 5.32 Å². The first-order chi connectivity index (χ1) is 9.57. The number of nitrogens with one attached hydrogen (secondary N) is 1. The van der Waals surface area contributed by atoms with Gasteiger partial charge in [0.1, 0.15) is 17.4 Å². The maximum Gasteiger partial charge on any atom is 0.120 e. The largest absolute Gasteiger partial charge is 0.490 e. The van der Waals surface area contributed by atoms with Gasteiger partial charge in [0.05, 0.1) is 12.7 Å². The lowest BCUT2D eigenvalue weighted by molar-refractivity contribution is 0.198. The SMILES string of the molecule is CC(C)NC1(C#N)CCC(Oc2cccc(CO)c2)C1. The Morgan fingerprint density at radius 3 is 3.00 bits per heavy atom. The summed E-state index contributed by atoms with van der Waals surface area (Å²) in [7, 11) is 0. The molecule has 4 heteroatoms. The van der Waals surface area contributed by atoms with E-state index < -0.39 is 5.54 Å². The molecule has 1 aliphatic rings. The number of aliphatic hydroxyl groups is 1. The summed E-state index contributed by atoms with van der Waals surface area (Å²) in [5.74, 6) is 0.764. The normalized spacial score (nSPS) is 25.6. The lowest BCUT2D eigenvalue weighted by atomic mass is 9.98. The third-order valence-corrected chi connectivity index (χ3v) is 3.63. The number of nitriles is 1. The molecule has 0 aliphatic heterocycles. The molecule has 108 valence electrons. The van der Waals surface area contributed by atoms with Gasteiger partial charge in [-0.2, -0.15) is 5.26 Å². The molecule has 0 bridgehead atoms. The Labute approximate surface area is 120 Å². The summed E-state index contributed by atoms with van der Waals surface area (Å²) in [4.78, 5) is 0. The van der Waals surface area contributed by atoms with E-state index in [1.165, 1.54) is 0 Å². The first-order valence-corrected chi connectivity index (χ1v) is 7.12. The molecule has 0 amide bonds. The van der Waals surface area contributed by atoms with Crippen LogP contribution in [0.2, 0.25) is 0 Å². The zero-order valence-electron chi connectivity index (χ0n) is 12.1. The van der Waals surface area contributed by atoms with Crippen molar-refractivity contribution in [3.05, 3.63) is 29.8 Å². The van der Waals surface area contributed by atoms with Crippen LogP contribution in [-0.2, 0) is 6.61 Å². The van der Waals surface area contributed by atoms with Crippen LogP contribution in [0.3, 0.4) is 0 Å². The van der Waals surface area contributed by atoms with Crippen LogP contribution in [0.4, 0.5) is 0 Å². The van der Waals surface area contributed by atoms with E-state index in [2.05, 4.69) is 25.2 Å². The molecular formula is C16H22N2O2. The number of benzene rings is 1. The van der Waals surface area contributed by atoms with Gasteiger partial charge in [-0.15, -0.1) is 0 Å². The number of aliphatic hydroxyl groups excluding tert-OH is 1. The van der Waals surface area contributed by atoms with Gasteiger partial charge >= 0.3 is 0 Å². The molecule has 1 saturated carbocycles. The fraction of sp³-hybridized carbons (Fsp3) is 0.562. The Bertz CT molecular complexity index is 495. The lowest BCUT2D eigenvalue weighted by Gasteiger charge is -2.25. The van der Waals surface area contributed by atoms with Gasteiger partial charge in [-0.05, 0) is 44.4 Å². The van der Waals surface area contributed by atoms with E-state index in [0.29, 0.717) is 6.42 Å². The van der Waals surface area contributed by atoms with Crippen molar-refractivity contribution in [3.63, 3.8) is 0 Å². The van der Waals surface area contributed by atoms with E-state index in [0.717, 1.165) is 24.2 Å². The van der Waals surface area contributed by atoms with Gasteiger partial charge < -0.3 is 9.84 Å². The molecule has 20 heavy (non-hydrogen) atoms. The van der Waals surface area contributed by atoms with E-state index in [-0.39, 0.29) is 18.8 Å². The minimum absolute atomic E-state index is 0.0128. The molecule has 0 aromatic heterocycles. The van der Waals surface area contributed by atoms with Gasteiger partial charge in [0.2, 0.25) is 0 Å². The summed E-state index contributed by atoms with van der Waals surface area (Å²) in [6.07, 6.45) is 2.43. The molecule has 1 fully saturated rings. The topological polar surface area (TPSA) is 65.3 Å². The fourth-order valence-corrected chi connectivity index (χ4v) is 2.83. The van der Waals surface area contributed by atoms with Crippen LogP contribution in [0.15, 0.2) is 24.3 Å². The second-order valence-corrected chi connectivity index (χ2v) is 5.78. The van der Waals surface area contributed by atoms with Crippen molar-refractivity contribution in [1.29, 1.82) is 5.26 Å². The van der Waals surface area contributed by atoms with Crippen molar-refractivity contribution in [3.8, 4) is 11.8 Å². The number of ether oxygens (including phenoxy) is 1. The highest BCUT2D eigenvalue weighted by molar-refractivity contribution is 5.28. The Kier molecular flexibility index (Phi) is 4.64. The Hall–Kier alpha value is -1.57. The summed E-state index contributed by atoms with van der Waals surface area (Å²) in [5.41, 5.74) is 0.375. The first kappa shape index (κ1) is 14.8. The molecule has 0 saturated heterocycles. The quantitative estimate of drug-likeness (QED) is 0.865. The highest BCUT2D eigenvalue weighted by atomic mass is 16.5. The Morgan fingerprint density at radius 1 is 1.55 bits per heavy atom. The molecule has 1 aliphatic carbocycles. The number of hydrogen-bond acceptors (Lipinski definition) is 4. The summed E-state index contributed by atoms with van der Waals surface area (Å²) in [6, 6.07) is 10.2. The standard InChI is InChI=1S/C16H22N2O2/c1-12(2)18-16(11-17)7-6-15(9-16)20-14-5-3-4-13(8-14)10-19/h3-5,8,12,15,18-19H,6-7,9-10H2,1-2H3. The highest BCUT2D eigenvalue weighted by Crippen LogP contribution is 2.33. The minimum Gasteiger partial charge on any atom is -0.490 e. The van der Waals surface area contributed by atoms with Crippen LogP contribution in [0.5, 0.6) is 5.75 Å². The van der Waals surface area contributed by atoms with Gasteiger partial charge in [0.25, 0.3) is 0 Å². The van der Waals surface area contributed by atoms with E-state index in [9.17, 15) is 5.26 Å².